The Morgan fingerprint density at radius 2 is 2.00 bits per heavy atom. The minimum atomic E-state index is -0.119. The molecule has 0 spiro atoms. The highest BCUT2D eigenvalue weighted by atomic mass is 16.2. The van der Waals surface area contributed by atoms with E-state index in [0.717, 1.165) is 61.5 Å². The van der Waals surface area contributed by atoms with Gasteiger partial charge < -0.3 is 20.0 Å². The van der Waals surface area contributed by atoms with Crippen molar-refractivity contribution in [3.8, 4) is 0 Å². The quantitative estimate of drug-likeness (QED) is 0.429. The molecule has 4 rings (SSSR count). The van der Waals surface area contributed by atoms with Crippen LogP contribution < -0.4 is 5.32 Å². The topological polar surface area (TPSA) is 73.7 Å². The maximum Gasteiger partial charge on any atom is 0.258 e. The zero-order valence-electron chi connectivity index (χ0n) is 25.3. The van der Waals surface area contributed by atoms with Gasteiger partial charge in [0.1, 0.15) is 5.82 Å². The Labute approximate surface area is 245 Å². The van der Waals surface area contributed by atoms with Crippen molar-refractivity contribution in [3.05, 3.63) is 83.4 Å². The van der Waals surface area contributed by atoms with Gasteiger partial charge in [-0.3, -0.25) is 14.3 Å². The Bertz CT molecular complexity index is 1300. The number of allylic oxidation sites excluding steroid dienone is 2. The number of rotatable bonds is 10. The zero-order valence-corrected chi connectivity index (χ0v) is 25.3. The molecule has 8 nitrogen and oxygen atoms in total. The first-order valence-corrected chi connectivity index (χ1v) is 14.9. The third kappa shape index (κ3) is 7.36. The Morgan fingerprint density at radius 1 is 1.24 bits per heavy atom. The van der Waals surface area contributed by atoms with Gasteiger partial charge in [0.15, 0.2) is 0 Å². The van der Waals surface area contributed by atoms with E-state index in [1.54, 1.807) is 27.9 Å². The van der Waals surface area contributed by atoms with E-state index >= 15 is 0 Å². The van der Waals surface area contributed by atoms with E-state index in [2.05, 4.69) is 42.4 Å². The Balaban J connectivity index is 1.36. The van der Waals surface area contributed by atoms with Crippen molar-refractivity contribution in [1.29, 1.82) is 0 Å². The average molecular weight is 559 g/mol. The minimum Gasteiger partial charge on any atom is -0.343 e. The number of nitrogens with zero attached hydrogens (tertiary/aromatic N) is 5. The van der Waals surface area contributed by atoms with Crippen LogP contribution in [0.4, 0.5) is 5.82 Å². The molecule has 1 fully saturated rings. The standard InChI is InChI=1S/C33H46N6O2/c1-7-9-17-36(5)22-26-15-18-38(19-16-26)31(40)14-13-27-11-12-28(20-24(27)3)33(41)39-23-29-21-34-37(6)32(29)35-25(4)30(39)10-8-2/h8,10-12,20-21,26,35H,2,4,7,9,13-19,22-23H2,1,3,5-6H3/b30-10+. The van der Waals surface area contributed by atoms with Crippen LogP contribution >= 0.6 is 0 Å². The van der Waals surface area contributed by atoms with Crippen LogP contribution in [-0.4, -0.2) is 69.5 Å². The fourth-order valence-electron chi connectivity index (χ4n) is 5.86. The van der Waals surface area contributed by atoms with Gasteiger partial charge in [0.2, 0.25) is 5.91 Å². The molecule has 2 aliphatic rings. The summed E-state index contributed by atoms with van der Waals surface area (Å²) in [6.45, 7) is 16.6. The van der Waals surface area contributed by atoms with E-state index in [0.29, 0.717) is 42.3 Å². The summed E-state index contributed by atoms with van der Waals surface area (Å²) < 4.78 is 1.75. The average Bonchev–Trinajstić information content (AvgIpc) is 3.23. The van der Waals surface area contributed by atoms with Crippen LogP contribution in [0, 0.1) is 12.8 Å². The molecule has 0 radical (unpaired) electrons. The van der Waals surface area contributed by atoms with Crippen molar-refractivity contribution in [2.24, 2.45) is 13.0 Å². The summed E-state index contributed by atoms with van der Waals surface area (Å²) in [5, 5.41) is 7.63. The summed E-state index contributed by atoms with van der Waals surface area (Å²) in [6.07, 6.45) is 11.0. The molecule has 2 aromatic rings. The number of benzene rings is 1. The fraction of sp³-hybridized carbons (Fsp3) is 0.485. The van der Waals surface area contributed by atoms with Crippen molar-refractivity contribution < 1.29 is 9.59 Å². The monoisotopic (exact) mass is 558 g/mol. The van der Waals surface area contributed by atoms with Crippen LogP contribution in [0.25, 0.3) is 0 Å². The maximum atomic E-state index is 13.8. The normalized spacial score (nSPS) is 17.0. The van der Waals surface area contributed by atoms with Gasteiger partial charge in [-0.25, -0.2) is 0 Å². The van der Waals surface area contributed by atoms with Crippen LogP contribution in [0.2, 0.25) is 0 Å². The lowest BCUT2D eigenvalue weighted by Crippen LogP contribution is -2.41. The molecule has 0 atom stereocenters. The van der Waals surface area contributed by atoms with Gasteiger partial charge in [0, 0.05) is 44.2 Å². The number of aromatic nitrogens is 2. The van der Waals surface area contributed by atoms with Crippen LogP contribution in [0.15, 0.2) is 61.1 Å². The maximum absolute atomic E-state index is 13.8. The molecule has 0 aliphatic carbocycles. The lowest BCUT2D eigenvalue weighted by Gasteiger charge is -2.34. The third-order valence-corrected chi connectivity index (χ3v) is 8.36. The second kappa shape index (κ2) is 13.8. The number of anilines is 1. The highest BCUT2D eigenvalue weighted by Crippen LogP contribution is 2.30. The fourth-order valence-corrected chi connectivity index (χ4v) is 5.86. The summed E-state index contributed by atoms with van der Waals surface area (Å²) in [7, 11) is 4.07. The zero-order chi connectivity index (χ0) is 29.5. The molecule has 0 saturated carbocycles. The molecule has 41 heavy (non-hydrogen) atoms. The number of likely N-dealkylation sites (tertiary alicyclic amines) is 1. The molecular formula is C33H46N6O2. The molecule has 2 aliphatic heterocycles. The number of piperidine rings is 1. The first-order valence-electron chi connectivity index (χ1n) is 14.9. The number of hydrogen-bond donors (Lipinski definition) is 1. The molecule has 8 heteroatoms. The third-order valence-electron chi connectivity index (χ3n) is 8.36. The molecule has 1 N–H and O–H groups in total. The van der Waals surface area contributed by atoms with Crippen LogP contribution in [-0.2, 0) is 24.8 Å². The van der Waals surface area contributed by atoms with Crippen molar-refractivity contribution in [1.82, 2.24) is 24.5 Å². The summed E-state index contributed by atoms with van der Waals surface area (Å²) in [6, 6.07) is 5.79. The highest BCUT2D eigenvalue weighted by molar-refractivity contribution is 5.96. The first kappa shape index (κ1) is 30.3. The van der Waals surface area contributed by atoms with Gasteiger partial charge in [-0.1, -0.05) is 38.6 Å². The number of nitrogens with one attached hydrogen (secondary N) is 1. The van der Waals surface area contributed by atoms with E-state index in [4.69, 9.17) is 0 Å². The van der Waals surface area contributed by atoms with Crippen molar-refractivity contribution in [2.75, 3.05) is 38.5 Å². The van der Waals surface area contributed by atoms with Crippen LogP contribution in [0.1, 0.15) is 66.1 Å². The number of aryl methyl sites for hydroxylation is 3. The molecule has 1 aromatic carbocycles. The first-order chi connectivity index (χ1) is 19.7. The van der Waals surface area contributed by atoms with Gasteiger partial charge >= 0.3 is 0 Å². The molecular weight excluding hydrogens is 512 g/mol. The highest BCUT2D eigenvalue weighted by Gasteiger charge is 2.28. The summed E-state index contributed by atoms with van der Waals surface area (Å²) >= 11 is 0. The van der Waals surface area contributed by atoms with Crippen molar-refractivity contribution in [3.63, 3.8) is 0 Å². The molecule has 2 amide bonds. The molecule has 1 saturated heterocycles. The SMILES string of the molecule is C=C/C=C1\C(=C)Nc2c(cnn2C)CN1C(=O)c1ccc(CCC(=O)N2CCC(CN(C)CCCC)CC2)c(C)c1. The van der Waals surface area contributed by atoms with Gasteiger partial charge in [0.25, 0.3) is 5.91 Å². The summed E-state index contributed by atoms with van der Waals surface area (Å²) in [4.78, 5) is 33.0. The number of amides is 2. The number of carbonyl (C=O) groups excluding carboxylic acids is 2. The summed E-state index contributed by atoms with van der Waals surface area (Å²) in [5.74, 6) is 1.60. The van der Waals surface area contributed by atoms with E-state index in [-0.39, 0.29) is 11.8 Å². The van der Waals surface area contributed by atoms with Crippen LogP contribution in [0.5, 0.6) is 0 Å². The lowest BCUT2D eigenvalue weighted by molar-refractivity contribution is -0.132. The summed E-state index contributed by atoms with van der Waals surface area (Å²) in [5.41, 5.74) is 4.90. The Hall–Kier alpha value is -3.65. The smallest absolute Gasteiger partial charge is 0.258 e. The Kier molecular flexibility index (Phi) is 10.2. The largest absolute Gasteiger partial charge is 0.343 e. The van der Waals surface area contributed by atoms with Gasteiger partial charge in [-0.2, -0.15) is 5.10 Å². The lowest BCUT2D eigenvalue weighted by atomic mass is 9.95. The second-order valence-electron chi connectivity index (χ2n) is 11.5. The predicted octanol–water partition coefficient (Wildman–Crippen LogP) is 5.28. The molecule has 0 unspecified atom stereocenters. The Morgan fingerprint density at radius 3 is 2.68 bits per heavy atom. The van der Waals surface area contributed by atoms with Gasteiger partial charge in [0.05, 0.1) is 24.1 Å². The minimum absolute atomic E-state index is 0.119. The molecule has 220 valence electrons. The molecule has 1 aromatic heterocycles. The predicted molar refractivity (Wildman–Crippen MR) is 165 cm³/mol. The number of fused-ring (bicyclic) bond motifs is 1. The number of hydrogen-bond acceptors (Lipinski definition) is 5. The number of carbonyl (C=O) groups is 2. The van der Waals surface area contributed by atoms with Crippen molar-refractivity contribution >= 4 is 17.6 Å². The van der Waals surface area contributed by atoms with Gasteiger partial charge in [-0.15, -0.1) is 0 Å². The number of unbranched alkanes of at least 4 members (excludes halogenated alkanes) is 1. The second-order valence-corrected chi connectivity index (χ2v) is 11.5. The molecule has 3 heterocycles. The van der Waals surface area contributed by atoms with E-state index in [9.17, 15) is 9.59 Å². The van der Waals surface area contributed by atoms with Crippen molar-refractivity contribution in [2.45, 2.75) is 58.9 Å². The van der Waals surface area contributed by atoms with E-state index < -0.39 is 0 Å². The van der Waals surface area contributed by atoms with Gasteiger partial charge in [-0.05, 0) is 81.5 Å². The van der Waals surface area contributed by atoms with E-state index in [1.807, 2.05) is 37.1 Å². The van der Waals surface area contributed by atoms with Crippen LogP contribution in [0.3, 0.4) is 0 Å². The molecule has 0 bridgehead atoms. The van der Waals surface area contributed by atoms with E-state index in [1.165, 1.54) is 12.8 Å².